The van der Waals surface area contributed by atoms with Crippen molar-refractivity contribution in [2.75, 3.05) is 14.2 Å². The summed E-state index contributed by atoms with van der Waals surface area (Å²) in [7, 11) is 2.98. The molecule has 1 N–H and O–H groups in total. The molecule has 0 amide bonds. The fraction of sp³-hybridized carbons (Fsp3) is 0.385. The summed E-state index contributed by atoms with van der Waals surface area (Å²) in [5, 5.41) is 2.64. The first kappa shape index (κ1) is 20.0. The van der Waals surface area contributed by atoms with Gasteiger partial charge in [-0.1, -0.05) is 75.7 Å². The molecule has 1 aromatic rings. The fourth-order valence-electron chi connectivity index (χ4n) is 2.05. The number of halogens is 6. The highest BCUT2D eigenvalue weighted by atomic mass is 35.6. The van der Waals surface area contributed by atoms with Gasteiger partial charge in [-0.15, -0.1) is 0 Å². The maximum atomic E-state index is 6.17. The summed E-state index contributed by atoms with van der Waals surface area (Å²) in [5.74, 6) is 0.857. The van der Waals surface area contributed by atoms with Crippen LogP contribution < -0.4 is 14.8 Å². The lowest BCUT2D eigenvalue weighted by Crippen LogP contribution is -2.47. The van der Waals surface area contributed by atoms with E-state index in [9.17, 15) is 0 Å². The number of alkyl halides is 6. The van der Waals surface area contributed by atoms with E-state index in [2.05, 4.69) is 15.3 Å². The van der Waals surface area contributed by atoms with Crippen LogP contribution in [0.4, 0.5) is 0 Å². The predicted octanol–water partition coefficient (Wildman–Crippen LogP) is 4.63. The van der Waals surface area contributed by atoms with E-state index in [4.69, 9.17) is 79.1 Å². The summed E-state index contributed by atoms with van der Waals surface area (Å²) in [5.41, 5.74) is -1.27. The molecule has 132 valence electrons. The van der Waals surface area contributed by atoms with Crippen molar-refractivity contribution in [1.82, 2.24) is 5.32 Å². The molecule has 0 saturated heterocycles. The molecular formula is C13H11Cl6N3O2. The van der Waals surface area contributed by atoms with Crippen molar-refractivity contribution in [3.8, 4) is 11.5 Å². The van der Waals surface area contributed by atoms with Gasteiger partial charge in [0.1, 0.15) is 0 Å². The summed E-state index contributed by atoms with van der Waals surface area (Å²) in [6, 6.07) is 4.85. The van der Waals surface area contributed by atoms with Gasteiger partial charge in [-0.2, -0.15) is 0 Å². The second-order valence-corrected chi connectivity index (χ2v) is 9.16. The Bertz CT molecular complexity index is 683. The normalized spacial score (nSPS) is 21.1. The molecule has 0 radical (unpaired) electrons. The van der Waals surface area contributed by atoms with E-state index in [0.29, 0.717) is 17.1 Å². The third-order valence-electron chi connectivity index (χ3n) is 3.18. The smallest absolute Gasteiger partial charge is 0.247 e. The van der Waals surface area contributed by atoms with E-state index >= 15 is 0 Å². The molecule has 0 saturated carbocycles. The number of nitrogens with one attached hydrogen (secondary N) is 1. The molecule has 0 bridgehead atoms. The third kappa shape index (κ3) is 3.76. The highest BCUT2D eigenvalue weighted by molar-refractivity contribution is 6.77. The van der Waals surface area contributed by atoms with Crippen molar-refractivity contribution in [1.29, 1.82) is 0 Å². The first-order chi connectivity index (χ1) is 11.0. The third-order valence-corrected chi connectivity index (χ3v) is 4.50. The van der Waals surface area contributed by atoms with Crippen LogP contribution in [0.3, 0.4) is 0 Å². The summed E-state index contributed by atoms with van der Waals surface area (Å²) in [4.78, 5) is 8.48. The van der Waals surface area contributed by atoms with Crippen LogP contribution in [0.5, 0.6) is 11.5 Å². The number of aliphatic imine (C=N–C) groups is 2. The van der Waals surface area contributed by atoms with Gasteiger partial charge in [0.25, 0.3) is 0 Å². The van der Waals surface area contributed by atoms with Crippen LogP contribution in [0.1, 0.15) is 5.56 Å². The van der Waals surface area contributed by atoms with Crippen molar-refractivity contribution in [3.05, 3.63) is 23.8 Å². The van der Waals surface area contributed by atoms with Gasteiger partial charge < -0.3 is 14.8 Å². The van der Waals surface area contributed by atoms with E-state index in [1.807, 2.05) is 0 Å². The Morgan fingerprint density at radius 2 is 1.62 bits per heavy atom. The molecule has 1 aromatic carbocycles. The Hall–Kier alpha value is -0.300. The van der Waals surface area contributed by atoms with Crippen LogP contribution in [0.15, 0.2) is 28.2 Å². The first-order valence-electron chi connectivity index (χ1n) is 6.31. The van der Waals surface area contributed by atoms with Gasteiger partial charge in [0.05, 0.1) is 20.6 Å². The zero-order chi connectivity index (χ0) is 18.2. The second-order valence-electron chi connectivity index (χ2n) is 4.60. The highest BCUT2D eigenvalue weighted by Gasteiger charge is 2.53. The van der Waals surface area contributed by atoms with Crippen LogP contribution in [-0.2, 0) is 5.66 Å². The minimum absolute atomic E-state index is 0.0383. The second kappa shape index (κ2) is 7.14. The largest absolute Gasteiger partial charge is 0.493 e. The van der Waals surface area contributed by atoms with Gasteiger partial charge in [0, 0.05) is 5.56 Å². The topological polar surface area (TPSA) is 55.2 Å². The van der Waals surface area contributed by atoms with Gasteiger partial charge in [-0.05, 0) is 12.1 Å². The zero-order valence-corrected chi connectivity index (χ0v) is 16.8. The molecule has 1 aliphatic heterocycles. The molecule has 1 atom stereocenters. The number of benzene rings is 1. The molecule has 1 heterocycles. The highest BCUT2D eigenvalue weighted by Crippen LogP contribution is 2.51. The summed E-state index contributed by atoms with van der Waals surface area (Å²) < 4.78 is 6.63. The zero-order valence-electron chi connectivity index (χ0n) is 12.3. The number of hydrogen-bond acceptors (Lipinski definition) is 5. The van der Waals surface area contributed by atoms with Gasteiger partial charge in [0.15, 0.2) is 17.3 Å². The quantitative estimate of drug-likeness (QED) is 0.679. The molecule has 5 nitrogen and oxygen atoms in total. The minimum atomic E-state index is -1.98. The van der Waals surface area contributed by atoms with Crippen molar-refractivity contribution in [3.63, 3.8) is 0 Å². The molecule has 0 spiro atoms. The molecule has 2 rings (SSSR count). The first-order valence-corrected chi connectivity index (χ1v) is 8.58. The Kier molecular flexibility index (Phi) is 5.95. The number of ether oxygens (including phenoxy) is 2. The summed E-state index contributed by atoms with van der Waals surface area (Å²) in [6.07, 6.45) is 1.25. The number of nitrogens with zero attached hydrogens (tertiary/aromatic N) is 2. The fourth-order valence-corrected chi connectivity index (χ4v) is 2.94. The number of methoxy groups -OCH3 is 2. The Balaban J connectivity index is 2.69. The van der Waals surface area contributed by atoms with Gasteiger partial charge >= 0.3 is 0 Å². The van der Waals surface area contributed by atoms with E-state index in [1.165, 1.54) is 20.6 Å². The predicted molar refractivity (Wildman–Crippen MR) is 101 cm³/mol. The van der Waals surface area contributed by atoms with Crippen LogP contribution in [-0.4, -0.2) is 34.0 Å². The number of rotatable bonds is 3. The van der Waals surface area contributed by atoms with Crippen molar-refractivity contribution < 1.29 is 9.47 Å². The van der Waals surface area contributed by atoms with E-state index in [0.717, 1.165) is 0 Å². The van der Waals surface area contributed by atoms with Crippen molar-refractivity contribution in [2.45, 2.75) is 13.2 Å². The lowest BCUT2D eigenvalue weighted by atomic mass is 10.0. The number of amidine groups is 1. The van der Waals surface area contributed by atoms with Crippen LogP contribution in [0, 0.1) is 0 Å². The molecule has 0 fully saturated rings. The Morgan fingerprint density at radius 3 is 2.12 bits per heavy atom. The molecule has 11 heteroatoms. The summed E-state index contributed by atoms with van der Waals surface area (Å²) >= 11 is 36.2. The Labute approximate surface area is 168 Å². The molecule has 1 aliphatic rings. The van der Waals surface area contributed by atoms with Gasteiger partial charge in [0.2, 0.25) is 13.2 Å². The standard InChI is InChI=1S/C13H11Cl6N3O2/c1-23-8-4-3-7(5-9(8)24-2)11(13(17,18)19)21-6-20-10(22-11)12(14,15)16/h3-6H,1-2H3,(H,20,21,22). The number of hydrogen-bond donors (Lipinski definition) is 1. The average Bonchev–Trinajstić information content (AvgIpc) is 2.52. The van der Waals surface area contributed by atoms with Gasteiger partial charge in [-0.25, -0.2) is 9.98 Å². The van der Waals surface area contributed by atoms with E-state index < -0.39 is 13.2 Å². The SMILES string of the molecule is COc1ccc(C2(C(Cl)(Cl)Cl)N=CNC(C(Cl)(Cl)Cl)=N2)cc1OC. The minimum Gasteiger partial charge on any atom is -0.493 e. The van der Waals surface area contributed by atoms with Crippen LogP contribution in [0.2, 0.25) is 0 Å². The maximum Gasteiger partial charge on any atom is 0.247 e. The molecule has 0 aromatic heterocycles. The van der Waals surface area contributed by atoms with Crippen LogP contribution >= 0.6 is 69.6 Å². The van der Waals surface area contributed by atoms with Crippen LogP contribution in [0.25, 0.3) is 0 Å². The summed E-state index contributed by atoms with van der Waals surface area (Å²) in [6.45, 7) is 0. The monoisotopic (exact) mass is 451 g/mol. The average molecular weight is 454 g/mol. The van der Waals surface area contributed by atoms with Gasteiger partial charge in [-0.3, -0.25) is 0 Å². The molecular weight excluding hydrogens is 443 g/mol. The lowest BCUT2D eigenvalue weighted by molar-refractivity contribution is 0.352. The van der Waals surface area contributed by atoms with E-state index in [1.54, 1.807) is 18.2 Å². The molecule has 24 heavy (non-hydrogen) atoms. The molecule has 0 aliphatic carbocycles. The van der Waals surface area contributed by atoms with Crippen molar-refractivity contribution in [2.24, 2.45) is 9.98 Å². The Morgan fingerprint density at radius 1 is 1.00 bits per heavy atom. The molecule has 1 unspecified atom stereocenters. The van der Waals surface area contributed by atoms with E-state index in [-0.39, 0.29) is 5.84 Å². The maximum absolute atomic E-state index is 6.17. The van der Waals surface area contributed by atoms with Crippen molar-refractivity contribution >= 4 is 81.8 Å². The lowest BCUT2D eigenvalue weighted by Gasteiger charge is -2.36.